The third kappa shape index (κ3) is 6.61. The first kappa shape index (κ1) is 26.1. The monoisotopic (exact) mass is 486 g/mol. The molecule has 0 heterocycles. The highest BCUT2D eigenvalue weighted by atomic mass is 16.5. The summed E-state index contributed by atoms with van der Waals surface area (Å²) in [5.74, 6) is 2.41. The van der Waals surface area contributed by atoms with Gasteiger partial charge in [-0.25, -0.2) is 0 Å². The van der Waals surface area contributed by atoms with E-state index < -0.39 is 0 Å². The Labute approximate surface area is 217 Å². The van der Waals surface area contributed by atoms with E-state index in [4.69, 9.17) is 4.74 Å². The Morgan fingerprint density at radius 2 is 1.78 bits per heavy atom. The molecule has 4 nitrogen and oxygen atoms in total. The third-order valence-corrected chi connectivity index (χ3v) is 7.36. The van der Waals surface area contributed by atoms with Gasteiger partial charge in [0.05, 0.1) is 7.11 Å². The first-order valence-corrected chi connectivity index (χ1v) is 13.5. The lowest BCUT2D eigenvalue weighted by Gasteiger charge is -2.32. The zero-order valence-corrected chi connectivity index (χ0v) is 22.4. The highest BCUT2D eigenvalue weighted by Crippen LogP contribution is 2.40. The Morgan fingerprint density at radius 3 is 2.50 bits per heavy atom. The largest absolute Gasteiger partial charge is 0.508 e. The van der Waals surface area contributed by atoms with Crippen LogP contribution in [0, 0.1) is 5.92 Å². The van der Waals surface area contributed by atoms with Gasteiger partial charge in [0.2, 0.25) is 0 Å². The van der Waals surface area contributed by atoms with Gasteiger partial charge in [-0.3, -0.25) is 0 Å². The highest BCUT2D eigenvalue weighted by Gasteiger charge is 2.24. The van der Waals surface area contributed by atoms with E-state index in [9.17, 15) is 5.11 Å². The van der Waals surface area contributed by atoms with E-state index in [1.807, 2.05) is 12.1 Å². The van der Waals surface area contributed by atoms with E-state index in [1.165, 1.54) is 33.5 Å². The van der Waals surface area contributed by atoms with Crippen molar-refractivity contribution in [2.75, 3.05) is 31.6 Å². The molecule has 0 fully saturated rings. The van der Waals surface area contributed by atoms with Gasteiger partial charge in [0.25, 0.3) is 0 Å². The zero-order chi connectivity index (χ0) is 25.5. The van der Waals surface area contributed by atoms with Crippen molar-refractivity contribution in [3.05, 3.63) is 88.5 Å². The van der Waals surface area contributed by atoms with Gasteiger partial charge in [-0.15, -0.1) is 0 Å². The molecule has 0 unspecified atom stereocenters. The maximum atomic E-state index is 9.88. The average molecular weight is 487 g/mol. The quantitative estimate of drug-likeness (QED) is 0.304. The maximum Gasteiger partial charge on any atom is 0.120 e. The number of fused-ring (bicyclic) bond motifs is 1. The van der Waals surface area contributed by atoms with Gasteiger partial charge in [0.15, 0.2) is 0 Å². The van der Waals surface area contributed by atoms with Crippen molar-refractivity contribution in [1.82, 2.24) is 5.32 Å². The summed E-state index contributed by atoms with van der Waals surface area (Å²) in [6, 6.07) is 21.5. The summed E-state index contributed by atoms with van der Waals surface area (Å²) in [6.07, 6.45) is 4.16. The number of hydrogen-bond acceptors (Lipinski definition) is 4. The predicted molar refractivity (Wildman–Crippen MR) is 150 cm³/mol. The number of aromatic hydroxyl groups is 1. The SMILES string of the molecule is CCN(Cc1ccc(CCNCC(C)C)cc1)c1cc(OC)ccc1[C@@H]1CCc2cc(O)ccc2C1. The van der Waals surface area contributed by atoms with Crippen LogP contribution in [0.1, 0.15) is 60.9 Å². The van der Waals surface area contributed by atoms with Crippen LogP contribution in [0.15, 0.2) is 60.7 Å². The molecule has 0 aliphatic heterocycles. The molecule has 4 rings (SSSR count). The molecule has 0 bridgehead atoms. The lowest BCUT2D eigenvalue weighted by molar-refractivity contribution is 0.414. The number of hydrogen-bond donors (Lipinski definition) is 2. The molecule has 0 spiro atoms. The summed E-state index contributed by atoms with van der Waals surface area (Å²) in [4.78, 5) is 2.48. The van der Waals surface area contributed by atoms with Gasteiger partial charge < -0.3 is 20.1 Å². The number of anilines is 1. The number of benzene rings is 3. The number of rotatable bonds is 11. The molecule has 0 saturated heterocycles. The van der Waals surface area contributed by atoms with Crippen molar-refractivity contribution in [3.63, 3.8) is 0 Å². The molecule has 0 saturated carbocycles. The number of nitrogens with one attached hydrogen (secondary N) is 1. The Hall–Kier alpha value is -2.98. The van der Waals surface area contributed by atoms with E-state index in [0.29, 0.717) is 17.6 Å². The van der Waals surface area contributed by atoms with Gasteiger partial charge in [-0.1, -0.05) is 50.2 Å². The summed E-state index contributed by atoms with van der Waals surface area (Å²) < 4.78 is 5.63. The standard InChI is InChI=1S/C32H42N2O2/c1-5-34(22-25-8-6-24(7-9-25)16-17-33-21-23(2)3)32-20-30(36-4)14-15-31(32)28-11-10-27-19-29(35)13-12-26(27)18-28/h6-9,12-15,19-20,23,28,33,35H,5,10-11,16-18,21-22H2,1-4H3/t28-/m1/s1. The fraction of sp³-hybridized carbons (Fsp3) is 0.438. The van der Waals surface area contributed by atoms with Crippen LogP contribution in [-0.2, 0) is 25.8 Å². The Balaban J connectivity index is 1.50. The second-order valence-corrected chi connectivity index (χ2v) is 10.5. The smallest absolute Gasteiger partial charge is 0.120 e. The lowest BCUT2D eigenvalue weighted by Crippen LogP contribution is -2.25. The van der Waals surface area contributed by atoms with Gasteiger partial charge in [-0.2, -0.15) is 0 Å². The van der Waals surface area contributed by atoms with E-state index in [2.05, 4.69) is 79.5 Å². The molecule has 192 valence electrons. The molecule has 0 radical (unpaired) electrons. The van der Waals surface area contributed by atoms with Crippen molar-refractivity contribution < 1.29 is 9.84 Å². The summed E-state index contributed by atoms with van der Waals surface area (Å²) in [5.41, 5.74) is 8.01. The normalized spacial score (nSPS) is 15.1. The molecule has 3 aromatic rings. The Bertz CT molecular complexity index is 1120. The topological polar surface area (TPSA) is 44.7 Å². The molecule has 3 aromatic carbocycles. The number of aryl methyl sites for hydroxylation is 1. The second-order valence-electron chi connectivity index (χ2n) is 10.5. The van der Waals surface area contributed by atoms with Crippen LogP contribution in [0.5, 0.6) is 11.5 Å². The first-order valence-electron chi connectivity index (χ1n) is 13.5. The van der Waals surface area contributed by atoms with Gasteiger partial charge >= 0.3 is 0 Å². The van der Waals surface area contributed by atoms with Crippen molar-refractivity contribution in [1.29, 1.82) is 0 Å². The molecule has 1 aliphatic rings. The maximum absolute atomic E-state index is 9.88. The number of phenolic OH excluding ortho intramolecular Hbond substituents is 1. The minimum Gasteiger partial charge on any atom is -0.508 e. The zero-order valence-electron chi connectivity index (χ0n) is 22.4. The van der Waals surface area contributed by atoms with E-state index in [0.717, 1.165) is 57.6 Å². The Kier molecular flexibility index (Phi) is 8.93. The fourth-order valence-electron chi connectivity index (χ4n) is 5.30. The van der Waals surface area contributed by atoms with Crippen LogP contribution in [-0.4, -0.2) is 31.9 Å². The van der Waals surface area contributed by atoms with Gasteiger partial charge in [-0.05, 0) is 104 Å². The van der Waals surface area contributed by atoms with Gasteiger partial charge in [0, 0.05) is 24.8 Å². The molecular formula is C32H42N2O2. The summed E-state index contributed by atoms with van der Waals surface area (Å²) in [5, 5.41) is 13.4. The number of phenols is 1. The molecule has 0 aromatic heterocycles. The van der Waals surface area contributed by atoms with Crippen molar-refractivity contribution in [2.45, 2.75) is 58.9 Å². The van der Waals surface area contributed by atoms with Crippen LogP contribution in [0.4, 0.5) is 5.69 Å². The number of nitrogens with zero attached hydrogens (tertiary/aromatic N) is 1. The highest BCUT2D eigenvalue weighted by molar-refractivity contribution is 5.60. The molecule has 4 heteroatoms. The van der Waals surface area contributed by atoms with Crippen LogP contribution in [0.3, 0.4) is 0 Å². The molecule has 1 atom stereocenters. The minimum absolute atomic E-state index is 0.368. The minimum atomic E-state index is 0.368. The summed E-state index contributed by atoms with van der Waals surface area (Å²) in [6.45, 7) is 10.6. The van der Waals surface area contributed by atoms with E-state index in [-0.39, 0.29) is 0 Å². The predicted octanol–water partition coefficient (Wildman–Crippen LogP) is 6.49. The average Bonchev–Trinajstić information content (AvgIpc) is 2.89. The summed E-state index contributed by atoms with van der Waals surface area (Å²) in [7, 11) is 1.74. The molecular weight excluding hydrogens is 444 g/mol. The number of ether oxygens (including phenoxy) is 1. The van der Waals surface area contributed by atoms with E-state index in [1.54, 1.807) is 7.11 Å². The lowest BCUT2D eigenvalue weighted by atomic mass is 9.79. The van der Waals surface area contributed by atoms with E-state index >= 15 is 0 Å². The third-order valence-electron chi connectivity index (χ3n) is 7.36. The van der Waals surface area contributed by atoms with Crippen molar-refractivity contribution >= 4 is 5.69 Å². The molecule has 36 heavy (non-hydrogen) atoms. The fourth-order valence-corrected chi connectivity index (χ4v) is 5.30. The second kappa shape index (κ2) is 12.3. The molecule has 2 N–H and O–H groups in total. The van der Waals surface area contributed by atoms with Crippen molar-refractivity contribution in [2.24, 2.45) is 5.92 Å². The van der Waals surface area contributed by atoms with Crippen LogP contribution >= 0.6 is 0 Å². The number of methoxy groups -OCH3 is 1. The first-order chi connectivity index (χ1) is 17.5. The van der Waals surface area contributed by atoms with Crippen molar-refractivity contribution in [3.8, 4) is 11.5 Å². The van der Waals surface area contributed by atoms with Crippen LogP contribution in [0.25, 0.3) is 0 Å². The summed E-state index contributed by atoms with van der Waals surface area (Å²) >= 11 is 0. The molecule has 1 aliphatic carbocycles. The van der Waals surface area contributed by atoms with Crippen LogP contribution < -0.4 is 15.0 Å². The molecule has 0 amide bonds. The van der Waals surface area contributed by atoms with Crippen LogP contribution in [0.2, 0.25) is 0 Å². The Morgan fingerprint density at radius 1 is 1.00 bits per heavy atom. The van der Waals surface area contributed by atoms with Gasteiger partial charge in [0.1, 0.15) is 11.5 Å².